The summed E-state index contributed by atoms with van der Waals surface area (Å²) in [6.45, 7) is 0.749. The summed E-state index contributed by atoms with van der Waals surface area (Å²) >= 11 is 0. The van der Waals surface area contributed by atoms with Crippen LogP contribution in [0.5, 0.6) is 0 Å². The van der Waals surface area contributed by atoms with E-state index in [0.29, 0.717) is 12.2 Å². The number of amides is 1. The molecule has 1 N–H and O–H groups in total. The van der Waals surface area contributed by atoms with Crippen LogP contribution in [0.15, 0.2) is 67.4 Å². The lowest BCUT2D eigenvalue weighted by molar-refractivity contribution is -0.115. The number of halogens is 2. The highest BCUT2D eigenvalue weighted by Crippen LogP contribution is 2.30. The maximum atomic E-state index is 13.7. The van der Waals surface area contributed by atoms with Gasteiger partial charge in [0, 0.05) is 50.7 Å². The third-order valence-electron chi connectivity index (χ3n) is 4.98. The third-order valence-corrected chi connectivity index (χ3v) is 4.98. The predicted molar refractivity (Wildman–Crippen MR) is 120 cm³/mol. The van der Waals surface area contributed by atoms with Crippen LogP contribution in [0.1, 0.15) is 29.6 Å². The Hall–Kier alpha value is -4.01. The van der Waals surface area contributed by atoms with E-state index in [9.17, 15) is 13.6 Å². The van der Waals surface area contributed by atoms with Crippen molar-refractivity contribution in [1.29, 1.82) is 0 Å². The van der Waals surface area contributed by atoms with E-state index in [1.807, 2.05) is 37.5 Å². The summed E-state index contributed by atoms with van der Waals surface area (Å²) in [5, 5.41) is 6.67. The van der Waals surface area contributed by atoms with Crippen molar-refractivity contribution < 1.29 is 13.6 Å². The summed E-state index contributed by atoms with van der Waals surface area (Å²) in [7, 11) is 1.86. The van der Waals surface area contributed by atoms with Gasteiger partial charge in [-0.2, -0.15) is 13.9 Å². The highest BCUT2D eigenvalue weighted by atomic mass is 19.3. The van der Waals surface area contributed by atoms with Crippen LogP contribution in [0.3, 0.4) is 0 Å². The Balaban J connectivity index is 1.39. The average Bonchev–Trinajstić information content (AvgIpc) is 3.19. The highest BCUT2D eigenvalue weighted by Gasteiger charge is 2.29. The Kier molecular flexibility index (Phi) is 6.21. The standard InChI is InChI=1S/C24H22F2N6O/c1-24(25,26)23-20(4-3-9-27-23)31-22(33)11-16-5-7-18(8-6-16)19-13-28-21(29-14-19)10-17-12-30-32(2)15-17/h3-9,12-15H,10-11H2,1-2H3,(H,31,33). The van der Waals surface area contributed by atoms with Crippen molar-refractivity contribution in [3.05, 3.63) is 90.0 Å². The minimum Gasteiger partial charge on any atom is -0.324 e. The van der Waals surface area contributed by atoms with Crippen LogP contribution >= 0.6 is 0 Å². The molecule has 1 aromatic carbocycles. The largest absolute Gasteiger partial charge is 0.324 e. The Bertz CT molecular complexity index is 1250. The molecule has 168 valence electrons. The molecule has 0 atom stereocenters. The number of hydrogen-bond donors (Lipinski definition) is 1. The first kappa shape index (κ1) is 22.2. The van der Waals surface area contributed by atoms with Gasteiger partial charge in [-0.1, -0.05) is 24.3 Å². The number of pyridine rings is 1. The third kappa shape index (κ3) is 5.62. The number of anilines is 1. The summed E-state index contributed by atoms with van der Waals surface area (Å²) in [4.78, 5) is 25.0. The summed E-state index contributed by atoms with van der Waals surface area (Å²) in [5.74, 6) is -2.85. The average molecular weight is 448 g/mol. The second-order valence-corrected chi connectivity index (χ2v) is 7.80. The topological polar surface area (TPSA) is 85.6 Å². The summed E-state index contributed by atoms with van der Waals surface area (Å²) in [6.07, 6.45) is 9.15. The fraction of sp³-hybridized carbons (Fsp3) is 0.208. The Morgan fingerprint density at radius 1 is 1.00 bits per heavy atom. The van der Waals surface area contributed by atoms with Crippen LogP contribution in [-0.4, -0.2) is 30.6 Å². The number of aromatic nitrogens is 5. The molecule has 0 spiro atoms. The number of aryl methyl sites for hydroxylation is 1. The Labute approximate surface area is 189 Å². The molecule has 0 aliphatic rings. The van der Waals surface area contributed by atoms with Gasteiger partial charge in [-0.25, -0.2) is 9.97 Å². The number of nitrogens with one attached hydrogen (secondary N) is 1. The molecule has 0 saturated heterocycles. The maximum Gasteiger partial charge on any atom is 0.289 e. The van der Waals surface area contributed by atoms with Crippen LogP contribution < -0.4 is 5.32 Å². The van der Waals surface area contributed by atoms with E-state index in [0.717, 1.165) is 29.2 Å². The number of rotatable bonds is 7. The van der Waals surface area contributed by atoms with Crippen LogP contribution in [0.2, 0.25) is 0 Å². The van der Waals surface area contributed by atoms with Crippen LogP contribution in [0.25, 0.3) is 11.1 Å². The lowest BCUT2D eigenvalue weighted by Crippen LogP contribution is -2.19. The molecule has 0 unspecified atom stereocenters. The summed E-state index contributed by atoms with van der Waals surface area (Å²) in [6, 6.07) is 10.3. The first-order valence-corrected chi connectivity index (χ1v) is 10.3. The maximum absolute atomic E-state index is 13.7. The van der Waals surface area contributed by atoms with Crippen LogP contribution in [0.4, 0.5) is 14.5 Å². The van der Waals surface area contributed by atoms with E-state index < -0.39 is 17.5 Å². The monoisotopic (exact) mass is 448 g/mol. The molecular formula is C24H22F2N6O. The van der Waals surface area contributed by atoms with E-state index >= 15 is 0 Å². The first-order chi connectivity index (χ1) is 15.8. The van der Waals surface area contributed by atoms with Gasteiger partial charge in [0.05, 0.1) is 18.3 Å². The molecule has 4 rings (SSSR count). The SMILES string of the molecule is Cn1cc(Cc2ncc(-c3ccc(CC(=O)Nc4cccnc4C(C)(F)F)cc3)cn2)cn1. The lowest BCUT2D eigenvalue weighted by atomic mass is 10.0. The van der Waals surface area contributed by atoms with Crippen molar-refractivity contribution in [2.45, 2.75) is 25.7 Å². The molecule has 3 aromatic heterocycles. The van der Waals surface area contributed by atoms with Gasteiger partial charge in [-0.05, 0) is 28.8 Å². The van der Waals surface area contributed by atoms with Gasteiger partial charge in [0.15, 0.2) is 0 Å². The van der Waals surface area contributed by atoms with Gasteiger partial charge < -0.3 is 5.32 Å². The molecule has 0 bridgehead atoms. The van der Waals surface area contributed by atoms with E-state index in [-0.39, 0.29) is 12.1 Å². The normalized spacial score (nSPS) is 11.4. The van der Waals surface area contributed by atoms with Crippen molar-refractivity contribution in [3.8, 4) is 11.1 Å². The number of carbonyl (C=O) groups is 1. The summed E-state index contributed by atoms with van der Waals surface area (Å²) < 4.78 is 29.1. The number of benzene rings is 1. The molecule has 0 radical (unpaired) electrons. The summed E-state index contributed by atoms with van der Waals surface area (Å²) in [5.41, 5.74) is 3.10. The van der Waals surface area contributed by atoms with Gasteiger partial charge in [0.2, 0.25) is 5.91 Å². The first-order valence-electron chi connectivity index (χ1n) is 10.3. The molecule has 4 aromatic rings. The number of hydrogen-bond acceptors (Lipinski definition) is 5. The van der Waals surface area contributed by atoms with Crippen LogP contribution in [0, 0.1) is 0 Å². The van der Waals surface area contributed by atoms with Gasteiger partial charge >= 0.3 is 0 Å². The van der Waals surface area contributed by atoms with E-state index in [1.54, 1.807) is 23.3 Å². The molecule has 0 aliphatic carbocycles. The van der Waals surface area contributed by atoms with Crippen molar-refractivity contribution in [2.75, 3.05) is 5.32 Å². The Morgan fingerprint density at radius 3 is 2.36 bits per heavy atom. The molecule has 7 nitrogen and oxygen atoms in total. The fourth-order valence-corrected chi connectivity index (χ4v) is 3.39. The van der Waals surface area contributed by atoms with Crippen molar-refractivity contribution in [2.24, 2.45) is 7.05 Å². The van der Waals surface area contributed by atoms with Crippen LogP contribution in [-0.2, 0) is 30.6 Å². The van der Waals surface area contributed by atoms with Crippen molar-refractivity contribution in [3.63, 3.8) is 0 Å². The van der Waals surface area contributed by atoms with Gasteiger partial charge in [-0.3, -0.25) is 14.5 Å². The van der Waals surface area contributed by atoms with E-state index in [1.165, 1.54) is 18.3 Å². The molecule has 1 amide bonds. The Morgan fingerprint density at radius 2 is 1.73 bits per heavy atom. The minimum atomic E-state index is -3.15. The van der Waals surface area contributed by atoms with E-state index in [4.69, 9.17) is 0 Å². The molecule has 9 heteroatoms. The second kappa shape index (κ2) is 9.23. The van der Waals surface area contributed by atoms with Gasteiger partial charge in [0.1, 0.15) is 11.5 Å². The second-order valence-electron chi connectivity index (χ2n) is 7.80. The quantitative estimate of drug-likeness (QED) is 0.459. The predicted octanol–water partition coefficient (Wildman–Crippen LogP) is 4.16. The van der Waals surface area contributed by atoms with E-state index in [2.05, 4.69) is 25.4 Å². The molecular weight excluding hydrogens is 426 g/mol. The lowest BCUT2D eigenvalue weighted by Gasteiger charge is -2.15. The van der Waals surface area contributed by atoms with Crippen molar-refractivity contribution >= 4 is 11.6 Å². The molecule has 0 saturated carbocycles. The highest BCUT2D eigenvalue weighted by molar-refractivity contribution is 5.92. The zero-order chi connectivity index (χ0) is 23.4. The number of alkyl halides is 2. The molecule has 3 heterocycles. The zero-order valence-corrected chi connectivity index (χ0v) is 18.2. The van der Waals surface area contributed by atoms with Gasteiger partial charge in [0.25, 0.3) is 5.92 Å². The minimum absolute atomic E-state index is 0.00939. The van der Waals surface area contributed by atoms with Gasteiger partial charge in [-0.15, -0.1) is 0 Å². The molecule has 0 aliphatic heterocycles. The molecule has 33 heavy (non-hydrogen) atoms. The smallest absolute Gasteiger partial charge is 0.289 e. The number of nitrogens with zero attached hydrogens (tertiary/aromatic N) is 5. The molecule has 0 fully saturated rings. The zero-order valence-electron chi connectivity index (χ0n) is 18.2. The number of carbonyl (C=O) groups excluding carboxylic acids is 1. The van der Waals surface area contributed by atoms with Crippen molar-refractivity contribution in [1.82, 2.24) is 24.7 Å². The fourth-order valence-electron chi connectivity index (χ4n) is 3.39.